The molecule has 7 nitrogen and oxygen atoms in total. The largest absolute Gasteiger partial charge is 0.468 e. The molecule has 2 heterocycles. The highest BCUT2D eigenvalue weighted by Crippen LogP contribution is 2.24. The number of ether oxygens (including phenoxy) is 1. The molecule has 32 heavy (non-hydrogen) atoms. The SMILES string of the molecule is COC(=O)Cn1cc(C=Nn2c(C(C)(C)C)nc3ccc(Br)cc3c2=O)c2ccccc21. The fourth-order valence-electron chi connectivity index (χ4n) is 3.57. The van der Waals surface area contributed by atoms with E-state index in [1.165, 1.54) is 11.8 Å². The van der Waals surface area contributed by atoms with Crippen LogP contribution in [0.1, 0.15) is 32.2 Å². The molecule has 0 unspecified atom stereocenters. The predicted molar refractivity (Wildman–Crippen MR) is 129 cm³/mol. The van der Waals surface area contributed by atoms with E-state index in [0.717, 1.165) is 20.9 Å². The molecule has 0 spiro atoms. The molecule has 0 saturated carbocycles. The summed E-state index contributed by atoms with van der Waals surface area (Å²) in [7, 11) is 1.36. The average Bonchev–Trinajstić information content (AvgIpc) is 3.10. The van der Waals surface area contributed by atoms with Crippen molar-refractivity contribution in [3.8, 4) is 0 Å². The van der Waals surface area contributed by atoms with Crippen LogP contribution in [0.2, 0.25) is 0 Å². The topological polar surface area (TPSA) is 78.5 Å². The second-order valence-corrected chi connectivity index (χ2v) is 9.43. The van der Waals surface area contributed by atoms with Crippen LogP contribution in [-0.4, -0.2) is 33.5 Å². The van der Waals surface area contributed by atoms with Gasteiger partial charge >= 0.3 is 5.97 Å². The highest BCUT2D eigenvalue weighted by Gasteiger charge is 2.23. The number of para-hydroxylation sites is 1. The molecule has 0 N–H and O–H groups in total. The van der Waals surface area contributed by atoms with Gasteiger partial charge in [-0.1, -0.05) is 54.9 Å². The summed E-state index contributed by atoms with van der Waals surface area (Å²) in [6.45, 7) is 6.07. The first-order chi connectivity index (χ1) is 15.2. The van der Waals surface area contributed by atoms with Gasteiger partial charge < -0.3 is 9.30 Å². The summed E-state index contributed by atoms with van der Waals surface area (Å²) in [6, 6.07) is 13.2. The third kappa shape index (κ3) is 4.10. The smallest absolute Gasteiger partial charge is 0.325 e. The third-order valence-corrected chi connectivity index (χ3v) is 5.63. The second-order valence-electron chi connectivity index (χ2n) is 8.51. The van der Waals surface area contributed by atoms with Crippen LogP contribution in [0.25, 0.3) is 21.8 Å². The van der Waals surface area contributed by atoms with Gasteiger partial charge in [-0.3, -0.25) is 9.59 Å². The average molecular weight is 495 g/mol. The summed E-state index contributed by atoms with van der Waals surface area (Å²) in [5, 5.41) is 5.96. The lowest BCUT2D eigenvalue weighted by Gasteiger charge is -2.20. The molecule has 0 aliphatic heterocycles. The molecule has 0 saturated heterocycles. The Hall–Kier alpha value is -3.26. The van der Waals surface area contributed by atoms with Crippen molar-refractivity contribution in [2.24, 2.45) is 5.10 Å². The fourth-order valence-corrected chi connectivity index (χ4v) is 3.93. The van der Waals surface area contributed by atoms with Gasteiger partial charge in [0.15, 0.2) is 0 Å². The number of aromatic nitrogens is 3. The Kier molecular flexibility index (Phi) is 5.73. The molecule has 0 bridgehead atoms. The number of nitrogens with zero attached hydrogens (tertiary/aromatic N) is 4. The quantitative estimate of drug-likeness (QED) is 0.309. The highest BCUT2D eigenvalue weighted by atomic mass is 79.9. The summed E-state index contributed by atoms with van der Waals surface area (Å²) in [5.74, 6) is 0.219. The van der Waals surface area contributed by atoms with Crippen LogP contribution < -0.4 is 5.56 Å². The molecule has 0 aliphatic rings. The maximum Gasteiger partial charge on any atom is 0.325 e. The van der Waals surface area contributed by atoms with E-state index in [2.05, 4.69) is 21.0 Å². The Morgan fingerprint density at radius 3 is 2.66 bits per heavy atom. The van der Waals surface area contributed by atoms with Crippen LogP contribution in [0, 0.1) is 0 Å². The molecule has 8 heteroatoms. The summed E-state index contributed by atoms with van der Waals surface area (Å²) < 4.78 is 8.78. The van der Waals surface area contributed by atoms with E-state index in [1.807, 2.05) is 67.9 Å². The van der Waals surface area contributed by atoms with E-state index < -0.39 is 5.41 Å². The number of benzene rings is 2. The minimum absolute atomic E-state index is 0.0869. The standard InChI is InChI=1S/C24H23BrN4O3/c1-24(2,3)23-27-19-10-9-16(25)11-18(19)22(31)29(23)26-12-15-13-28(14-21(30)32-4)20-8-6-5-7-17(15)20/h5-13H,14H2,1-4H3. The Labute approximate surface area is 193 Å². The van der Waals surface area contributed by atoms with Gasteiger partial charge in [0.05, 0.1) is 24.2 Å². The van der Waals surface area contributed by atoms with Crippen LogP contribution in [-0.2, 0) is 21.5 Å². The van der Waals surface area contributed by atoms with Gasteiger partial charge in [-0.05, 0) is 24.3 Å². The molecule has 2 aromatic carbocycles. The van der Waals surface area contributed by atoms with Crippen LogP contribution >= 0.6 is 15.9 Å². The zero-order valence-electron chi connectivity index (χ0n) is 18.3. The van der Waals surface area contributed by atoms with Crippen molar-refractivity contribution < 1.29 is 9.53 Å². The van der Waals surface area contributed by atoms with Crippen LogP contribution in [0.5, 0.6) is 0 Å². The van der Waals surface area contributed by atoms with E-state index in [-0.39, 0.29) is 18.1 Å². The molecule has 164 valence electrons. The lowest BCUT2D eigenvalue weighted by Crippen LogP contribution is -2.29. The Morgan fingerprint density at radius 1 is 1.19 bits per heavy atom. The van der Waals surface area contributed by atoms with Crippen molar-refractivity contribution in [1.29, 1.82) is 0 Å². The molecule has 4 aromatic rings. The second kappa shape index (κ2) is 8.35. The number of rotatable bonds is 4. The molecular formula is C24H23BrN4O3. The van der Waals surface area contributed by atoms with Crippen molar-refractivity contribution in [2.45, 2.75) is 32.7 Å². The van der Waals surface area contributed by atoms with Crippen molar-refractivity contribution >= 4 is 49.9 Å². The number of hydrogen-bond acceptors (Lipinski definition) is 5. The van der Waals surface area contributed by atoms with Gasteiger partial charge in [-0.25, -0.2) is 4.98 Å². The Balaban J connectivity index is 1.89. The lowest BCUT2D eigenvalue weighted by atomic mass is 9.95. The molecule has 0 fully saturated rings. The molecule has 0 aliphatic carbocycles. The number of halogens is 1. The molecule has 4 rings (SSSR count). The van der Waals surface area contributed by atoms with Gasteiger partial charge in [0.25, 0.3) is 5.56 Å². The Bertz CT molecular complexity index is 1430. The summed E-state index contributed by atoms with van der Waals surface area (Å²) >= 11 is 3.43. The number of carbonyl (C=O) groups is 1. The summed E-state index contributed by atoms with van der Waals surface area (Å²) in [5.41, 5.74) is 1.64. The Morgan fingerprint density at radius 2 is 1.94 bits per heavy atom. The third-order valence-electron chi connectivity index (χ3n) is 5.14. The lowest BCUT2D eigenvalue weighted by molar-refractivity contribution is -0.141. The number of hydrogen-bond donors (Lipinski definition) is 0. The van der Waals surface area contributed by atoms with Gasteiger partial charge in [0.1, 0.15) is 12.4 Å². The van der Waals surface area contributed by atoms with E-state index in [9.17, 15) is 9.59 Å². The van der Waals surface area contributed by atoms with Gasteiger partial charge in [-0.2, -0.15) is 9.78 Å². The first-order valence-electron chi connectivity index (χ1n) is 10.1. The number of methoxy groups -OCH3 is 1. The summed E-state index contributed by atoms with van der Waals surface area (Å²) in [4.78, 5) is 29.9. The summed E-state index contributed by atoms with van der Waals surface area (Å²) in [6.07, 6.45) is 3.47. The first kappa shape index (κ1) is 22.0. The molecule has 0 amide bonds. The normalized spacial score (nSPS) is 12.2. The maximum atomic E-state index is 13.3. The first-order valence-corrected chi connectivity index (χ1v) is 10.9. The highest BCUT2D eigenvalue weighted by molar-refractivity contribution is 9.10. The molecular weight excluding hydrogens is 472 g/mol. The van der Waals surface area contributed by atoms with Crippen LogP contribution in [0.3, 0.4) is 0 Å². The number of fused-ring (bicyclic) bond motifs is 2. The van der Waals surface area contributed by atoms with Gasteiger partial charge in [0.2, 0.25) is 0 Å². The van der Waals surface area contributed by atoms with Crippen LogP contribution in [0.15, 0.2) is 63.0 Å². The zero-order chi connectivity index (χ0) is 23.0. The van der Waals surface area contributed by atoms with Crippen LogP contribution in [0.4, 0.5) is 0 Å². The van der Waals surface area contributed by atoms with E-state index in [0.29, 0.717) is 16.7 Å². The van der Waals surface area contributed by atoms with Crippen molar-refractivity contribution in [2.75, 3.05) is 7.11 Å². The number of esters is 1. The predicted octanol–water partition coefficient (Wildman–Crippen LogP) is 4.47. The van der Waals surface area contributed by atoms with Gasteiger partial charge in [0, 0.05) is 32.6 Å². The minimum Gasteiger partial charge on any atom is -0.468 e. The fraction of sp³-hybridized carbons (Fsp3) is 0.250. The van der Waals surface area contributed by atoms with E-state index >= 15 is 0 Å². The monoisotopic (exact) mass is 494 g/mol. The van der Waals surface area contributed by atoms with Gasteiger partial charge in [-0.15, -0.1) is 0 Å². The van der Waals surface area contributed by atoms with Crippen molar-refractivity contribution in [3.05, 3.63) is 74.9 Å². The van der Waals surface area contributed by atoms with Crippen molar-refractivity contribution in [1.82, 2.24) is 14.2 Å². The van der Waals surface area contributed by atoms with Crippen molar-refractivity contribution in [3.63, 3.8) is 0 Å². The minimum atomic E-state index is -0.406. The van der Waals surface area contributed by atoms with E-state index in [4.69, 9.17) is 9.72 Å². The zero-order valence-corrected chi connectivity index (χ0v) is 19.9. The number of carbonyl (C=O) groups excluding carboxylic acids is 1. The molecule has 2 aromatic heterocycles. The van der Waals surface area contributed by atoms with E-state index in [1.54, 1.807) is 12.3 Å². The maximum absolute atomic E-state index is 13.3. The molecule has 0 radical (unpaired) electrons. The molecule has 0 atom stereocenters.